The van der Waals surface area contributed by atoms with Gasteiger partial charge in [-0.05, 0) is 69.9 Å². The molecule has 0 aromatic heterocycles. The van der Waals surface area contributed by atoms with Crippen LogP contribution < -0.4 is 0 Å². The van der Waals surface area contributed by atoms with Crippen molar-refractivity contribution >= 4 is 24.2 Å². The molecule has 0 heterocycles. The maximum Gasteiger partial charge on any atom is 0.264 e. The molecule has 0 saturated carbocycles. The second-order valence-electron chi connectivity index (χ2n) is 9.84. The van der Waals surface area contributed by atoms with E-state index in [2.05, 4.69) is 26.1 Å². The molecule has 7 heteroatoms. The maximum atomic E-state index is 13.3. The summed E-state index contributed by atoms with van der Waals surface area (Å²) in [6.45, 7) is 15.4. The summed E-state index contributed by atoms with van der Waals surface area (Å²) in [7, 11) is 1.93. The average molecular weight is 528 g/mol. The lowest BCUT2D eigenvalue weighted by Gasteiger charge is -2.25. The van der Waals surface area contributed by atoms with Gasteiger partial charge in [0.15, 0.2) is 11.6 Å². The minimum atomic E-state index is -2.63. The van der Waals surface area contributed by atoms with Crippen molar-refractivity contribution in [2.45, 2.75) is 99.0 Å². The average Bonchev–Trinajstić information content (AvgIpc) is 2.79. The highest BCUT2D eigenvalue weighted by atomic mass is 32.1. The molecule has 1 N–H and O–H groups in total. The summed E-state index contributed by atoms with van der Waals surface area (Å²) >= 11 is 3.96. The fourth-order valence-electron chi connectivity index (χ4n) is 4.18. The first kappa shape index (κ1) is 34.3. The van der Waals surface area contributed by atoms with Crippen LogP contribution in [0.5, 0.6) is 0 Å². The van der Waals surface area contributed by atoms with E-state index in [1.54, 1.807) is 13.0 Å². The summed E-state index contributed by atoms with van der Waals surface area (Å²) in [5, 5.41) is 10.1. The molecule has 206 valence electrons. The van der Waals surface area contributed by atoms with Gasteiger partial charge in [0.25, 0.3) is 6.43 Å². The van der Waals surface area contributed by atoms with Crippen LogP contribution in [-0.4, -0.2) is 47.7 Å². The molecule has 0 aliphatic heterocycles. The summed E-state index contributed by atoms with van der Waals surface area (Å²) in [5.41, 5.74) is 1.76. The topological polar surface area (TPSA) is 57.6 Å². The molecular formula is C29H47F2NO3S. The van der Waals surface area contributed by atoms with Crippen molar-refractivity contribution in [3.63, 3.8) is 0 Å². The van der Waals surface area contributed by atoms with E-state index in [9.17, 15) is 23.5 Å². The molecule has 0 aromatic carbocycles. The van der Waals surface area contributed by atoms with Gasteiger partial charge in [-0.1, -0.05) is 46.8 Å². The smallest absolute Gasteiger partial charge is 0.264 e. The molecule has 36 heavy (non-hydrogen) atoms. The number of thiol groups is 1. The fourth-order valence-corrected chi connectivity index (χ4v) is 4.35. The molecule has 3 unspecified atom stereocenters. The molecule has 4 nitrogen and oxygen atoms in total. The minimum absolute atomic E-state index is 0.0163. The van der Waals surface area contributed by atoms with E-state index in [0.717, 1.165) is 25.1 Å². The molecule has 0 aliphatic carbocycles. The predicted molar refractivity (Wildman–Crippen MR) is 149 cm³/mol. The van der Waals surface area contributed by atoms with Gasteiger partial charge in [0, 0.05) is 41.3 Å². The third-order valence-electron chi connectivity index (χ3n) is 6.66. The minimum Gasteiger partial charge on any atom is -0.393 e. The first-order valence-electron chi connectivity index (χ1n) is 13.0. The normalized spacial score (nSPS) is 15.9. The second-order valence-corrected chi connectivity index (χ2v) is 10.4. The van der Waals surface area contributed by atoms with Crippen molar-refractivity contribution in [2.75, 3.05) is 13.6 Å². The number of alkyl halides is 2. The molecule has 0 radical (unpaired) electrons. The van der Waals surface area contributed by atoms with E-state index in [0.29, 0.717) is 43.3 Å². The quantitative estimate of drug-likeness (QED) is 0.111. The molecule has 0 rings (SSSR count). The van der Waals surface area contributed by atoms with Gasteiger partial charge < -0.3 is 10.0 Å². The lowest BCUT2D eigenvalue weighted by molar-refractivity contribution is -0.120. The van der Waals surface area contributed by atoms with Gasteiger partial charge in [0.1, 0.15) is 0 Å². The Labute approximate surface area is 223 Å². The molecular weight excluding hydrogens is 480 g/mol. The predicted octanol–water partition coefficient (Wildman–Crippen LogP) is 7.32. The Morgan fingerprint density at radius 1 is 1.08 bits per heavy atom. The largest absolute Gasteiger partial charge is 0.393 e. The zero-order valence-corrected chi connectivity index (χ0v) is 24.1. The SMILES string of the molecule is C=C(S)/C(=C\C=C(/CC)N(C)CCC(C)CC(C)C(=O)/C(CCC(O)CCC)=C(/C)C(C)=O)C(F)F. The van der Waals surface area contributed by atoms with Crippen LogP contribution in [0.2, 0.25) is 0 Å². The van der Waals surface area contributed by atoms with E-state index in [1.165, 1.54) is 13.0 Å². The summed E-state index contributed by atoms with van der Waals surface area (Å²) in [6.07, 6.45) is 4.59. The number of hydrogen-bond donors (Lipinski definition) is 2. The van der Waals surface area contributed by atoms with Gasteiger partial charge in [-0.25, -0.2) is 8.78 Å². The molecule has 0 aliphatic rings. The van der Waals surface area contributed by atoms with Crippen LogP contribution >= 0.6 is 12.6 Å². The van der Waals surface area contributed by atoms with Crippen molar-refractivity contribution < 1.29 is 23.5 Å². The lowest BCUT2D eigenvalue weighted by Crippen LogP contribution is -2.23. The number of aliphatic hydroxyl groups is 1. The first-order valence-corrected chi connectivity index (χ1v) is 13.4. The van der Waals surface area contributed by atoms with Crippen molar-refractivity contribution in [1.29, 1.82) is 0 Å². The van der Waals surface area contributed by atoms with Crippen LogP contribution in [0.3, 0.4) is 0 Å². The molecule has 0 saturated heterocycles. The fraction of sp³-hybridized carbons (Fsp3) is 0.655. The van der Waals surface area contributed by atoms with Crippen LogP contribution in [0.4, 0.5) is 8.78 Å². The van der Waals surface area contributed by atoms with E-state index in [4.69, 9.17) is 0 Å². The van der Waals surface area contributed by atoms with Crippen LogP contribution in [0.1, 0.15) is 86.5 Å². The van der Waals surface area contributed by atoms with Crippen molar-refractivity contribution in [2.24, 2.45) is 11.8 Å². The summed E-state index contributed by atoms with van der Waals surface area (Å²) < 4.78 is 26.3. The Balaban J connectivity index is 5.23. The molecule has 0 bridgehead atoms. The number of allylic oxidation sites excluding steroid dienone is 6. The molecule has 0 fully saturated rings. The second kappa shape index (κ2) is 17.7. The maximum absolute atomic E-state index is 13.3. The number of halogens is 2. The number of carbonyl (C=O) groups is 2. The standard InChI is InChI=1S/C29H47F2NO3S/c1-9-11-25(34)13-15-26(21(5)22(6)33)28(35)20(4)18-19(3)16-17-32(8)24(10-2)12-14-27(23(7)36)29(30)31/h12,14,19-20,25,29,34,36H,7,9-11,13,15-18H2,1-6,8H3/b24-12+,26-21-,27-14+. The van der Waals surface area contributed by atoms with Crippen LogP contribution in [-0.2, 0) is 9.59 Å². The Morgan fingerprint density at radius 2 is 1.69 bits per heavy atom. The highest BCUT2D eigenvalue weighted by Crippen LogP contribution is 2.25. The third kappa shape index (κ3) is 12.5. The molecule has 0 aromatic rings. The van der Waals surface area contributed by atoms with Crippen molar-refractivity contribution in [1.82, 2.24) is 4.90 Å². The lowest BCUT2D eigenvalue weighted by atomic mass is 9.85. The zero-order chi connectivity index (χ0) is 28.0. The Bertz CT molecular complexity index is 832. The van der Waals surface area contributed by atoms with Gasteiger partial charge >= 0.3 is 0 Å². The third-order valence-corrected chi connectivity index (χ3v) is 6.92. The first-order chi connectivity index (χ1) is 16.8. The molecule has 0 amide bonds. The van der Waals surface area contributed by atoms with E-state index in [-0.39, 0.29) is 33.9 Å². The van der Waals surface area contributed by atoms with Crippen molar-refractivity contribution in [3.05, 3.63) is 46.1 Å². The van der Waals surface area contributed by atoms with Gasteiger partial charge in [0.2, 0.25) is 0 Å². The Kier molecular flexibility index (Phi) is 16.8. The highest BCUT2D eigenvalue weighted by Gasteiger charge is 2.24. The molecule has 3 atom stereocenters. The number of ketones is 2. The van der Waals surface area contributed by atoms with Gasteiger partial charge in [-0.15, -0.1) is 12.6 Å². The zero-order valence-electron chi connectivity index (χ0n) is 23.2. The summed E-state index contributed by atoms with van der Waals surface area (Å²) in [4.78, 5) is 27.4. The number of nitrogens with zero attached hydrogens (tertiary/aromatic N) is 1. The van der Waals surface area contributed by atoms with E-state index >= 15 is 0 Å². The summed E-state index contributed by atoms with van der Waals surface area (Å²) in [5.74, 6) is -0.123. The van der Waals surface area contributed by atoms with Gasteiger partial charge in [-0.2, -0.15) is 0 Å². The van der Waals surface area contributed by atoms with Gasteiger partial charge in [-0.3, -0.25) is 9.59 Å². The monoisotopic (exact) mass is 527 g/mol. The number of carbonyl (C=O) groups excluding carboxylic acids is 2. The number of aliphatic hydroxyl groups excluding tert-OH is 1. The van der Waals surface area contributed by atoms with Crippen LogP contribution in [0, 0.1) is 11.8 Å². The number of Topliss-reactive ketones (excluding diaryl/α,β-unsaturated/α-hetero) is 2. The van der Waals surface area contributed by atoms with Crippen LogP contribution in [0.15, 0.2) is 46.1 Å². The van der Waals surface area contributed by atoms with Crippen LogP contribution in [0.25, 0.3) is 0 Å². The Hall–Kier alpha value is -1.73. The van der Waals surface area contributed by atoms with E-state index in [1.807, 2.05) is 32.7 Å². The number of hydrogen-bond acceptors (Lipinski definition) is 5. The number of rotatable bonds is 18. The Morgan fingerprint density at radius 3 is 2.17 bits per heavy atom. The highest BCUT2D eigenvalue weighted by molar-refractivity contribution is 7.84. The summed E-state index contributed by atoms with van der Waals surface area (Å²) in [6, 6.07) is 0. The molecule has 0 spiro atoms. The van der Waals surface area contributed by atoms with E-state index < -0.39 is 12.5 Å². The van der Waals surface area contributed by atoms with Gasteiger partial charge in [0.05, 0.1) is 6.10 Å². The van der Waals surface area contributed by atoms with Crippen molar-refractivity contribution in [3.8, 4) is 0 Å².